The van der Waals surface area contributed by atoms with Crippen molar-refractivity contribution in [1.82, 2.24) is 10.3 Å². The number of pyridine rings is 1. The standard InChI is InChI=1S/C19H14ClFN4O/c20-18-10-13(12-4-1-2-6-17(12)25-18)19(26)24-9-8-23-16-7-3-5-15(21)14(16)11-22/h1-7,10,23H,8-9H2,(H,24,26). The summed E-state index contributed by atoms with van der Waals surface area (Å²) in [6, 6.07) is 14.9. The van der Waals surface area contributed by atoms with Gasteiger partial charge in [-0.1, -0.05) is 35.9 Å². The Morgan fingerprint density at radius 3 is 2.81 bits per heavy atom. The first-order valence-electron chi connectivity index (χ1n) is 7.86. The van der Waals surface area contributed by atoms with Crippen LogP contribution in [-0.2, 0) is 0 Å². The molecule has 7 heteroatoms. The molecule has 2 N–H and O–H groups in total. The molecule has 0 fully saturated rings. The van der Waals surface area contributed by atoms with Gasteiger partial charge in [-0.05, 0) is 24.3 Å². The molecule has 2 aromatic carbocycles. The van der Waals surface area contributed by atoms with E-state index < -0.39 is 5.82 Å². The topological polar surface area (TPSA) is 77.8 Å². The molecule has 0 aliphatic rings. The molecule has 0 atom stereocenters. The van der Waals surface area contributed by atoms with E-state index in [0.717, 1.165) is 0 Å². The van der Waals surface area contributed by atoms with Crippen molar-refractivity contribution in [3.63, 3.8) is 0 Å². The van der Waals surface area contributed by atoms with Crippen LogP contribution in [0.1, 0.15) is 15.9 Å². The van der Waals surface area contributed by atoms with E-state index in [-0.39, 0.29) is 23.2 Å². The number of nitriles is 1. The molecule has 5 nitrogen and oxygen atoms in total. The lowest BCUT2D eigenvalue weighted by atomic mass is 10.1. The maximum Gasteiger partial charge on any atom is 0.252 e. The summed E-state index contributed by atoms with van der Waals surface area (Å²) in [4.78, 5) is 16.7. The van der Waals surface area contributed by atoms with Gasteiger partial charge in [-0.2, -0.15) is 5.26 Å². The molecule has 26 heavy (non-hydrogen) atoms. The summed E-state index contributed by atoms with van der Waals surface area (Å²) in [7, 11) is 0. The number of hydrogen-bond donors (Lipinski definition) is 2. The fraction of sp³-hybridized carbons (Fsp3) is 0.105. The normalized spacial score (nSPS) is 10.3. The zero-order chi connectivity index (χ0) is 18.5. The Bertz CT molecular complexity index is 1020. The molecule has 0 saturated heterocycles. The summed E-state index contributed by atoms with van der Waals surface area (Å²) in [5.74, 6) is -0.869. The van der Waals surface area contributed by atoms with E-state index in [1.165, 1.54) is 18.2 Å². The van der Waals surface area contributed by atoms with Gasteiger partial charge in [0.15, 0.2) is 0 Å². The van der Waals surface area contributed by atoms with Gasteiger partial charge in [0.05, 0.1) is 16.8 Å². The second kappa shape index (κ2) is 7.81. The minimum absolute atomic E-state index is 0.0502. The number of carbonyl (C=O) groups is 1. The molecule has 0 bridgehead atoms. The van der Waals surface area contributed by atoms with Crippen molar-refractivity contribution in [1.29, 1.82) is 5.26 Å². The first-order valence-corrected chi connectivity index (χ1v) is 8.24. The van der Waals surface area contributed by atoms with Crippen LogP contribution in [0.15, 0.2) is 48.5 Å². The second-order valence-electron chi connectivity index (χ2n) is 5.47. The van der Waals surface area contributed by atoms with Crippen LogP contribution in [0.5, 0.6) is 0 Å². The lowest BCUT2D eigenvalue weighted by molar-refractivity contribution is 0.0956. The highest BCUT2D eigenvalue weighted by Gasteiger charge is 2.12. The number of aromatic nitrogens is 1. The number of anilines is 1. The molecule has 0 unspecified atom stereocenters. The average Bonchev–Trinajstić information content (AvgIpc) is 2.64. The number of carbonyl (C=O) groups excluding carboxylic acids is 1. The third-order valence-electron chi connectivity index (χ3n) is 3.78. The monoisotopic (exact) mass is 368 g/mol. The smallest absolute Gasteiger partial charge is 0.252 e. The number of halogens is 2. The largest absolute Gasteiger partial charge is 0.382 e. The van der Waals surface area contributed by atoms with E-state index in [2.05, 4.69) is 15.6 Å². The van der Waals surface area contributed by atoms with Gasteiger partial charge in [0.1, 0.15) is 22.6 Å². The fourth-order valence-corrected chi connectivity index (χ4v) is 2.78. The van der Waals surface area contributed by atoms with E-state index in [0.29, 0.717) is 28.7 Å². The van der Waals surface area contributed by atoms with Crippen LogP contribution in [0, 0.1) is 17.1 Å². The van der Waals surface area contributed by atoms with Gasteiger partial charge in [0, 0.05) is 18.5 Å². The summed E-state index contributed by atoms with van der Waals surface area (Å²) in [5, 5.41) is 15.7. The van der Waals surface area contributed by atoms with Crippen molar-refractivity contribution in [2.75, 3.05) is 18.4 Å². The highest BCUT2D eigenvalue weighted by Crippen LogP contribution is 2.21. The number of rotatable bonds is 5. The van der Waals surface area contributed by atoms with Gasteiger partial charge in [-0.25, -0.2) is 9.37 Å². The number of amides is 1. The van der Waals surface area contributed by atoms with Crippen LogP contribution in [-0.4, -0.2) is 24.0 Å². The number of nitrogens with one attached hydrogen (secondary N) is 2. The van der Waals surface area contributed by atoms with Crippen molar-refractivity contribution in [2.24, 2.45) is 0 Å². The number of fused-ring (bicyclic) bond motifs is 1. The molecule has 0 saturated carbocycles. The minimum Gasteiger partial charge on any atom is -0.382 e. The van der Waals surface area contributed by atoms with Crippen LogP contribution in [0.2, 0.25) is 5.15 Å². The molecule has 1 amide bonds. The van der Waals surface area contributed by atoms with Crippen molar-refractivity contribution in [2.45, 2.75) is 0 Å². The second-order valence-corrected chi connectivity index (χ2v) is 5.85. The molecule has 0 aliphatic heterocycles. The summed E-state index contributed by atoms with van der Waals surface area (Å²) in [6.45, 7) is 0.620. The highest BCUT2D eigenvalue weighted by atomic mass is 35.5. The highest BCUT2D eigenvalue weighted by molar-refractivity contribution is 6.30. The van der Waals surface area contributed by atoms with E-state index in [1.54, 1.807) is 18.2 Å². The molecule has 0 spiro atoms. The molecule has 3 aromatic rings. The van der Waals surface area contributed by atoms with E-state index in [4.69, 9.17) is 16.9 Å². The van der Waals surface area contributed by atoms with Crippen molar-refractivity contribution in [3.8, 4) is 6.07 Å². The van der Waals surface area contributed by atoms with Crippen LogP contribution in [0.25, 0.3) is 10.9 Å². The van der Waals surface area contributed by atoms with E-state index >= 15 is 0 Å². The lowest BCUT2D eigenvalue weighted by Gasteiger charge is -2.11. The van der Waals surface area contributed by atoms with Crippen molar-refractivity contribution in [3.05, 3.63) is 70.6 Å². The summed E-state index contributed by atoms with van der Waals surface area (Å²) < 4.78 is 13.5. The van der Waals surface area contributed by atoms with Crippen LogP contribution in [0.3, 0.4) is 0 Å². The van der Waals surface area contributed by atoms with E-state index in [1.807, 2.05) is 18.2 Å². The molecule has 1 heterocycles. The molecule has 3 rings (SSSR count). The minimum atomic E-state index is -0.584. The Labute approximate surface area is 154 Å². The first kappa shape index (κ1) is 17.6. The number of para-hydroxylation sites is 1. The van der Waals surface area contributed by atoms with Gasteiger partial charge >= 0.3 is 0 Å². The van der Waals surface area contributed by atoms with Crippen molar-refractivity contribution < 1.29 is 9.18 Å². The van der Waals surface area contributed by atoms with Gasteiger partial charge in [0.2, 0.25) is 0 Å². The zero-order valence-electron chi connectivity index (χ0n) is 13.6. The van der Waals surface area contributed by atoms with Crippen LogP contribution >= 0.6 is 11.6 Å². The summed E-state index contributed by atoms with van der Waals surface area (Å²) >= 11 is 5.99. The number of hydrogen-bond acceptors (Lipinski definition) is 4. The molecule has 0 radical (unpaired) electrons. The average molecular weight is 369 g/mol. The Morgan fingerprint density at radius 1 is 1.19 bits per heavy atom. The maximum atomic E-state index is 13.5. The molecule has 130 valence electrons. The summed E-state index contributed by atoms with van der Waals surface area (Å²) in [6.07, 6.45) is 0. The number of nitrogens with zero attached hydrogens (tertiary/aromatic N) is 2. The Hall–Kier alpha value is -3.17. The van der Waals surface area contributed by atoms with Gasteiger partial charge in [-0.3, -0.25) is 4.79 Å². The molecular weight excluding hydrogens is 355 g/mol. The molecule has 1 aromatic heterocycles. The van der Waals surface area contributed by atoms with E-state index in [9.17, 15) is 9.18 Å². The molecular formula is C19H14ClFN4O. The number of benzene rings is 2. The predicted molar refractivity (Wildman–Crippen MR) is 98.7 cm³/mol. The quantitative estimate of drug-likeness (QED) is 0.531. The third-order valence-corrected chi connectivity index (χ3v) is 3.97. The van der Waals surface area contributed by atoms with Gasteiger partial charge in [0.25, 0.3) is 5.91 Å². The molecule has 0 aliphatic carbocycles. The predicted octanol–water partition coefficient (Wildman–Crippen LogP) is 3.74. The van der Waals surface area contributed by atoms with Gasteiger partial charge in [-0.15, -0.1) is 0 Å². The zero-order valence-corrected chi connectivity index (χ0v) is 14.3. The maximum absolute atomic E-state index is 13.5. The first-order chi connectivity index (χ1) is 12.6. The van der Waals surface area contributed by atoms with Crippen LogP contribution in [0.4, 0.5) is 10.1 Å². The Morgan fingerprint density at radius 2 is 2.00 bits per heavy atom. The third kappa shape index (κ3) is 3.73. The Kier molecular flexibility index (Phi) is 5.30. The van der Waals surface area contributed by atoms with Crippen molar-refractivity contribution >= 4 is 34.1 Å². The van der Waals surface area contributed by atoms with Gasteiger partial charge < -0.3 is 10.6 Å². The fourth-order valence-electron chi connectivity index (χ4n) is 2.58. The Balaban J connectivity index is 1.66. The SMILES string of the molecule is N#Cc1c(F)cccc1NCCNC(=O)c1cc(Cl)nc2ccccc12. The summed E-state index contributed by atoms with van der Waals surface area (Å²) in [5.41, 5.74) is 1.41. The van der Waals surface area contributed by atoms with Crippen LogP contribution < -0.4 is 10.6 Å². The lowest BCUT2D eigenvalue weighted by Crippen LogP contribution is -2.29.